The molecule has 0 bridgehead atoms. The number of hydrogen-bond donors (Lipinski definition) is 0. The van der Waals surface area contributed by atoms with Crippen LogP contribution in [0.5, 0.6) is 5.75 Å². The fourth-order valence-electron chi connectivity index (χ4n) is 4.38. The molecule has 10 heteroatoms. The minimum absolute atomic E-state index is 0.0569. The fraction of sp³-hybridized carbons (Fsp3) is 0.138. The minimum atomic E-state index is -0.496. The van der Waals surface area contributed by atoms with Crippen LogP contribution >= 0.6 is 31.9 Å². The lowest BCUT2D eigenvalue weighted by atomic mass is 10.1. The molecule has 196 valence electrons. The van der Waals surface area contributed by atoms with E-state index in [0.717, 1.165) is 27.2 Å². The number of ether oxygens (including phenoxy) is 1. The van der Waals surface area contributed by atoms with Gasteiger partial charge in [-0.1, -0.05) is 81.2 Å². The van der Waals surface area contributed by atoms with Crippen LogP contribution in [0.3, 0.4) is 0 Å². The van der Waals surface area contributed by atoms with Crippen molar-refractivity contribution < 1.29 is 9.66 Å². The third-order valence-electron chi connectivity index (χ3n) is 6.17. The fourth-order valence-corrected chi connectivity index (χ4v) is 5.20. The van der Waals surface area contributed by atoms with Crippen LogP contribution in [0.4, 0.5) is 5.69 Å². The quantitative estimate of drug-likeness (QED) is 0.0991. The number of aryl methyl sites for hydroxylation is 1. The summed E-state index contributed by atoms with van der Waals surface area (Å²) >= 11 is 6.76. The second-order valence-electron chi connectivity index (χ2n) is 8.83. The van der Waals surface area contributed by atoms with E-state index in [0.29, 0.717) is 33.2 Å². The summed E-state index contributed by atoms with van der Waals surface area (Å²) in [6.45, 7) is 2.10. The van der Waals surface area contributed by atoms with Crippen LogP contribution in [0.1, 0.15) is 30.3 Å². The largest absolute Gasteiger partial charge is 0.481 e. The van der Waals surface area contributed by atoms with Crippen LogP contribution in [-0.2, 0) is 13.0 Å². The lowest BCUT2D eigenvalue weighted by molar-refractivity contribution is -0.386. The van der Waals surface area contributed by atoms with Crippen molar-refractivity contribution in [2.45, 2.75) is 26.4 Å². The number of aromatic nitrogens is 2. The number of rotatable bonds is 8. The van der Waals surface area contributed by atoms with Gasteiger partial charge < -0.3 is 4.74 Å². The van der Waals surface area contributed by atoms with Gasteiger partial charge in [0.15, 0.2) is 0 Å². The number of hydrogen-bond acceptors (Lipinski definition) is 6. The number of nitro groups is 1. The first-order chi connectivity index (χ1) is 18.9. The second kappa shape index (κ2) is 11.5. The molecular formula is C29H22Br2N4O4. The number of nitrogens with zero attached hydrogens (tertiary/aromatic N) is 4. The summed E-state index contributed by atoms with van der Waals surface area (Å²) in [6, 6.07) is 22.1. The second-order valence-corrected chi connectivity index (χ2v) is 10.7. The third-order valence-corrected chi connectivity index (χ3v) is 7.12. The number of benzene rings is 4. The Balaban J connectivity index is 1.60. The molecule has 0 radical (unpaired) electrons. The van der Waals surface area contributed by atoms with Crippen molar-refractivity contribution >= 4 is 65.4 Å². The molecular weight excluding hydrogens is 628 g/mol. The normalized spacial score (nSPS) is 11.5. The van der Waals surface area contributed by atoms with Crippen LogP contribution in [0, 0.1) is 10.1 Å². The predicted molar refractivity (Wildman–Crippen MR) is 160 cm³/mol. The highest BCUT2D eigenvalue weighted by Gasteiger charge is 2.21. The van der Waals surface area contributed by atoms with Crippen LogP contribution < -0.4 is 10.3 Å². The molecule has 0 aliphatic heterocycles. The average molecular weight is 650 g/mol. The highest BCUT2D eigenvalue weighted by Crippen LogP contribution is 2.35. The molecule has 0 atom stereocenters. The Kier molecular flexibility index (Phi) is 7.85. The van der Waals surface area contributed by atoms with E-state index in [2.05, 4.69) is 41.9 Å². The molecule has 0 saturated carbocycles. The zero-order chi connectivity index (χ0) is 27.5. The lowest BCUT2D eigenvalue weighted by Crippen LogP contribution is -2.22. The van der Waals surface area contributed by atoms with Gasteiger partial charge in [-0.2, -0.15) is 9.78 Å². The van der Waals surface area contributed by atoms with Crippen molar-refractivity contribution in [1.82, 2.24) is 9.66 Å². The molecule has 0 unspecified atom stereocenters. The van der Waals surface area contributed by atoms with Gasteiger partial charge >= 0.3 is 5.69 Å². The van der Waals surface area contributed by atoms with E-state index >= 15 is 0 Å². The summed E-state index contributed by atoms with van der Waals surface area (Å²) in [6.07, 6.45) is 2.69. The SMILES string of the molecule is CCCc1nc2ccc(Br)cc2c(=O)n1N=Cc1cc(Br)cc([N+](=O)[O-])c1OCc1cccc2ccccc12. The maximum absolute atomic E-state index is 13.4. The Morgan fingerprint density at radius 2 is 1.82 bits per heavy atom. The molecule has 0 amide bonds. The van der Waals surface area contributed by atoms with E-state index in [1.54, 1.807) is 18.2 Å². The monoisotopic (exact) mass is 648 g/mol. The molecule has 39 heavy (non-hydrogen) atoms. The Hall–Kier alpha value is -3.89. The summed E-state index contributed by atoms with van der Waals surface area (Å²) in [7, 11) is 0. The summed E-state index contributed by atoms with van der Waals surface area (Å²) in [4.78, 5) is 29.5. The molecule has 5 aromatic rings. The maximum Gasteiger partial charge on any atom is 0.312 e. The molecule has 0 aliphatic carbocycles. The van der Waals surface area contributed by atoms with Gasteiger partial charge in [0.05, 0.1) is 22.0 Å². The Morgan fingerprint density at radius 3 is 2.62 bits per heavy atom. The molecule has 0 N–H and O–H groups in total. The zero-order valence-electron chi connectivity index (χ0n) is 20.8. The Bertz CT molecular complexity index is 1810. The predicted octanol–water partition coefficient (Wildman–Crippen LogP) is 7.40. The van der Waals surface area contributed by atoms with Crippen molar-refractivity contribution in [3.8, 4) is 5.75 Å². The molecule has 4 aromatic carbocycles. The Morgan fingerprint density at radius 1 is 1.03 bits per heavy atom. The lowest BCUT2D eigenvalue weighted by Gasteiger charge is -2.13. The summed E-state index contributed by atoms with van der Waals surface area (Å²) < 4.78 is 8.58. The first kappa shape index (κ1) is 26.7. The maximum atomic E-state index is 13.4. The number of nitro benzene ring substituents is 1. The van der Waals surface area contributed by atoms with Crippen LogP contribution in [0.25, 0.3) is 21.7 Å². The summed E-state index contributed by atoms with van der Waals surface area (Å²) in [5, 5.41) is 18.9. The van der Waals surface area contributed by atoms with E-state index in [9.17, 15) is 14.9 Å². The van der Waals surface area contributed by atoms with Gasteiger partial charge in [-0.3, -0.25) is 14.9 Å². The average Bonchev–Trinajstić information content (AvgIpc) is 2.92. The highest BCUT2D eigenvalue weighted by molar-refractivity contribution is 9.10. The summed E-state index contributed by atoms with van der Waals surface area (Å²) in [5.74, 6) is 0.553. The van der Waals surface area contributed by atoms with E-state index < -0.39 is 4.92 Å². The van der Waals surface area contributed by atoms with Gasteiger partial charge in [0.25, 0.3) is 5.56 Å². The van der Waals surface area contributed by atoms with E-state index in [1.807, 2.05) is 55.5 Å². The highest BCUT2D eigenvalue weighted by atomic mass is 79.9. The first-order valence-corrected chi connectivity index (χ1v) is 13.8. The van der Waals surface area contributed by atoms with E-state index in [-0.39, 0.29) is 23.6 Å². The zero-order valence-corrected chi connectivity index (χ0v) is 24.0. The number of fused-ring (bicyclic) bond motifs is 2. The van der Waals surface area contributed by atoms with Crippen molar-refractivity contribution in [2.75, 3.05) is 0 Å². The molecule has 0 fully saturated rings. The minimum Gasteiger partial charge on any atom is -0.481 e. The Labute approximate surface area is 240 Å². The number of halogens is 2. The van der Waals surface area contributed by atoms with Crippen molar-refractivity contribution in [3.63, 3.8) is 0 Å². The molecule has 1 aromatic heterocycles. The van der Waals surface area contributed by atoms with Crippen molar-refractivity contribution in [3.05, 3.63) is 119 Å². The van der Waals surface area contributed by atoms with Crippen LogP contribution in [-0.4, -0.2) is 20.8 Å². The van der Waals surface area contributed by atoms with Gasteiger partial charge in [-0.25, -0.2) is 4.98 Å². The van der Waals surface area contributed by atoms with Gasteiger partial charge in [0.1, 0.15) is 12.4 Å². The van der Waals surface area contributed by atoms with Gasteiger partial charge in [0.2, 0.25) is 5.75 Å². The summed E-state index contributed by atoms with van der Waals surface area (Å²) in [5.41, 5.74) is 1.27. The molecule has 1 heterocycles. The van der Waals surface area contributed by atoms with Crippen LogP contribution in [0.2, 0.25) is 0 Å². The molecule has 8 nitrogen and oxygen atoms in total. The molecule has 5 rings (SSSR count). The molecule has 0 spiro atoms. The van der Waals surface area contributed by atoms with Crippen LogP contribution in [0.15, 0.2) is 91.6 Å². The standard InChI is InChI=1S/C29H22Br2N4O4/c1-2-6-27-33-25-12-11-21(30)14-24(25)29(36)34(27)32-16-20-13-22(31)15-26(35(37)38)28(20)39-17-19-9-5-8-18-7-3-4-10-23(18)19/h3-5,7-16H,2,6,17H2,1H3. The van der Waals surface area contributed by atoms with Crippen molar-refractivity contribution in [1.29, 1.82) is 0 Å². The molecule has 0 saturated heterocycles. The third kappa shape index (κ3) is 5.62. The van der Waals surface area contributed by atoms with Gasteiger partial charge in [-0.05, 0) is 47.0 Å². The van der Waals surface area contributed by atoms with E-state index in [1.165, 1.54) is 17.0 Å². The van der Waals surface area contributed by atoms with Gasteiger partial charge in [-0.15, -0.1) is 0 Å². The first-order valence-electron chi connectivity index (χ1n) is 12.2. The van der Waals surface area contributed by atoms with E-state index in [4.69, 9.17) is 4.74 Å². The smallest absolute Gasteiger partial charge is 0.312 e. The van der Waals surface area contributed by atoms with Gasteiger partial charge in [0, 0.05) is 27.0 Å². The van der Waals surface area contributed by atoms with Crippen molar-refractivity contribution in [2.24, 2.45) is 5.10 Å². The molecule has 0 aliphatic rings. The topological polar surface area (TPSA) is 99.6 Å².